The van der Waals surface area contributed by atoms with Crippen LogP contribution in [0.1, 0.15) is 28.5 Å². The summed E-state index contributed by atoms with van der Waals surface area (Å²) in [5.41, 5.74) is 2.33. The molecule has 0 fully saturated rings. The molecule has 2 aromatic heterocycles. The lowest BCUT2D eigenvalue weighted by Gasteiger charge is -2.14. The molecule has 0 radical (unpaired) electrons. The Bertz CT molecular complexity index is 1440. The second kappa shape index (κ2) is 10.2. The summed E-state index contributed by atoms with van der Waals surface area (Å²) in [6, 6.07) is 17.6. The number of hydrogen-bond acceptors (Lipinski definition) is 7. The average Bonchev–Trinajstić information content (AvgIpc) is 3.32. The molecule has 1 N–H and O–H groups in total. The van der Waals surface area contributed by atoms with Crippen LogP contribution in [0.4, 0.5) is 5.69 Å². The monoisotopic (exact) mass is 472 g/mol. The van der Waals surface area contributed by atoms with Crippen molar-refractivity contribution in [1.29, 1.82) is 0 Å². The lowest BCUT2D eigenvalue weighted by atomic mass is 10.1. The van der Waals surface area contributed by atoms with Crippen molar-refractivity contribution in [3.63, 3.8) is 0 Å². The maximum atomic E-state index is 13.4. The van der Waals surface area contributed by atoms with Crippen LogP contribution in [0.2, 0.25) is 0 Å². The number of amides is 1. The van der Waals surface area contributed by atoms with Gasteiger partial charge >= 0.3 is 5.97 Å². The van der Waals surface area contributed by atoms with Gasteiger partial charge in [-0.05, 0) is 44.5 Å². The van der Waals surface area contributed by atoms with E-state index in [2.05, 4.69) is 15.5 Å². The first-order valence-corrected chi connectivity index (χ1v) is 11.1. The van der Waals surface area contributed by atoms with Gasteiger partial charge in [0.1, 0.15) is 12.1 Å². The van der Waals surface area contributed by atoms with Crippen LogP contribution >= 0.6 is 0 Å². The molecule has 0 aliphatic carbocycles. The van der Waals surface area contributed by atoms with Gasteiger partial charge in [-0.3, -0.25) is 9.59 Å². The van der Waals surface area contributed by atoms with E-state index in [0.29, 0.717) is 22.8 Å². The maximum absolute atomic E-state index is 13.4. The lowest BCUT2D eigenvalue weighted by molar-refractivity contribution is -0.116. The largest absolute Gasteiger partial charge is 0.462 e. The molecule has 2 heterocycles. The van der Waals surface area contributed by atoms with Crippen molar-refractivity contribution in [2.45, 2.75) is 27.3 Å². The van der Waals surface area contributed by atoms with E-state index in [9.17, 15) is 14.4 Å². The zero-order valence-corrected chi connectivity index (χ0v) is 19.6. The fourth-order valence-electron chi connectivity index (χ4n) is 3.73. The van der Waals surface area contributed by atoms with E-state index in [-0.39, 0.29) is 30.2 Å². The van der Waals surface area contributed by atoms with Gasteiger partial charge < -0.3 is 19.1 Å². The highest BCUT2D eigenvalue weighted by Crippen LogP contribution is 2.23. The summed E-state index contributed by atoms with van der Waals surface area (Å²) in [5.74, 6) is -0.578. The Morgan fingerprint density at radius 1 is 1.06 bits per heavy atom. The predicted molar refractivity (Wildman–Crippen MR) is 130 cm³/mol. The smallest absolute Gasteiger partial charge is 0.340 e. The van der Waals surface area contributed by atoms with Crippen molar-refractivity contribution in [2.24, 2.45) is 0 Å². The Morgan fingerprint density at radius 2 is 1.77 bits per heavy atom. The molecule has 0 saturated carbocycles. The van der Waals surface area contributed by atoms with E-state index >= 15 is 0 Å². The van der Waals surface area contributed by atoms with Gasteiger partial charge in [-0.1, -0.05) is 47.6 Å². The number of carbonyl (C=O) groups is 2. The number of rotatable bonds is 7. The number of hydrogen-bond donors (Lipinski definition) is 1. The number of benzene rings is 2. The van der Waals surface area contributed by atoms with Crippen molar-refractivity contribution in [3.8, 4) is 22.8 Å². The maximum Gasteiger partial charge on any atom is 0.340 e. The molecule has 0 spiro atoms. The van der Waals surface area contributed by atoms with E-state index in [1.165, 1.54) is 4.57 Å². The summed E-state index contributed by atoms with van der Waals surface area (Å²) in [7, 11) is 0. The van der Waals surface area contributed by atoms with Crippen molar-refractivity contribution < 1.29 is 18.8 Å². The summed E-state index contributed by atoms with van der Waals surface area (Å²) in [6.45, 7) is 5.16. The van der Waals surface area contributed by atoms with E-state index < -0.39 is 17.4 Å². The number of pyridine rings is 1. The molecule has 1 amide bonds. The summed E-state index contributed by atoms with van der Waals surface area (Å²) in [4.78, 5) is 42.9. The van der Waals surface area contributed by atoms with E-state index in [1.807, 2.05) is 30.3 Å². The van der Waals surface area contributed by atoms with Crippen LogP contribution in [0.3, 0.4) is 0 Å². The highest BCUT2D eigenvalue weighted by atomic mass is 16.5. The first kappa shape index (κ1) is 23.6. The highest BCUT2D eigenvalue weighted by Gasteiger charge is 2.21. The van der Waals surface area contributed by atoms with Crippen LogP contribution in [0, 0.1) is 13.8 Å². The number of carbonyl (C=O) groups excluding carboxylic acids is 2. The normalized spacial score (nSPS) is 10.7. The molecule has 178 valence electrons. The molecule has 9 heteroatoms. The van der Waals surface area contributed by atoms with Crippen LogP contribution in [0.5, 0.6) is 0 Å². The van der Waals surface area contributed by atoms with E-state index in [0.717, 1.165) is 5.56 Å². The van der Waals surface area contributed by atoms with Crippen molar-refractivity contribution in [2.75, 3.05) is 11.9 Å². The fraction of sp³-hybridized carbons (Fsp3) is 0.192. The van der Waals surface area contributed by atoms with Crippen LogP contribution < -0.4 is 10.9 Å². The molecule has 4 rings (SSSR count). The standard InChI is InChI=1S/C26H24N4O5/c1-4-34-26(33)19-12-8-9-13-20(19)27-21(31)15-30-17(3)14-16(2)22(25(30)32)24-28-23(29-35-24)18-10-6-5-7-11-18/h5-14H,4,15H2,1-3H3,(H,27,31). The molecular formula is C26H24N4O5. The summed E-state index contributed by atoms with van der Waals surface area (Å²) < 4.78 is 11.8. The number of nitrogens with one attached hydrogen (secondary N) is 1. The lowest BCUT2D eigenvalue weighted by Crippen LogP contribution is -2.31. The molecule has 0 saturated heterocycles. The number of aromatic nitrogens is 3. The Labute approximate surface area is 201 Å². The second-order valence-electron chi connectivity index (χ2n) is 7.84. The van der Waals surface area contributed by atoms with Gasteiger partial charge in [0.2, 0.25) is 11.7 Å². The van der Waals surface area contributed by atoms with E-state index in [4.69, 9.17) is 9.26 Å². The molecule has 0 atom stereocenters. The molecule has 35 heavy (non-hydrogen) atoms. The fourth-order valence-corrected chi connectivity index (χ4v) is 3.73. The zero-order chi connectivity index (χ0) is 24.9. The quantitative estimate of drug-likeness (QED) is 0.404. The van der Waals surface area contributed by atoms with Crippen LogP contribution in [0.15, 0.2) is 70.0 Å². The Balaban J connectivity index is 1.63. The number of para-hydroxylation sites is 1. The third-order valence-corrected chi connectivity index (χ3v) is 5.37. The van der Waals surface area contributed by atoms with Gasteiger partial charge in [-0.15, -0.1) is 0 Å². The SMILES string of the molecule is CCOC(=O)c1ccccc1NC(=O)Cn1c(C)cc(C)c(-c2nc(-c3ccccc3)no2)c1=O. The highest BCUT2D eigenvalue weighted by molar-refractivity contribution is 6.01. The molecule has 0 unspecified atom stereocenters. The summed E-state index contributed by atoms with van der Waals surface area (Å²) >= 11 is 0. The van der Waals surface area contributed by atoms with Crippen LogP contribution in [-0.4, -0.2) is 33.2 Å². The van der Waals surface area contributed by atoms with Gasteiger partial charge in [-0.25, -0.2) is 4.79 Å². The predicted octanol–water partition coefficient (Wildman–Crippen LogP) is 4.00. The number of aryl methyl sites for hydroxylation is 2. The third kappa shape index (κ3) is 5.03. The summed E-state index contributed by atoms with van der Waals surface area (Å²) in [5, 5.41) is 6.70. The molecule has 0 aliphatic heterocycles. The van der Waals surface area contributed by atoms with Crippen molar-refractivity contribution in [3.05, 3.63) is 87.8 Å². The van der Waals surface area contributed by atoms with Gasteiger partial charge in [0.05, 0.1) is 17.9 Å². The van der Waals surface area contributed by atoms with Crippen molar-refractivity contribution >= 4 is 17.6 Å². The average molecular weight is 473 g/mol. The number of ether oxygens (including phenoxy) is 1. The molecule has 2 aromatic carbocycles. The first-order chi connectivity index (χ1) is 16.9. The minimum Gasteiger partial charge on any atom is -0.462 e. The molecule has 0 bridgehead atoms. The minimum atomic E-state index is -0.542. The number of anilines is 1. The number of esters is 1. The third-order valence-electron chi connectivity index (χ3n) is 5.37. The van der Waals surface area contributed by atoms with Gasteiger partial charge in [0.15, 0.2) is 0 Å². The molecule has 0 aliphatic rings. The Morgan fingerprint density at radius 3 is 2.51 bits per heavy atom. The minimum absolute atomic E-state index is 0.0770. The van der Waals surface area contributed by atoms with Crippen molar-refractivity contribution in [1.82, 2.24) is 14.7 Å². The van der Waals surface area contributed by atoms with Crippen LogP contribution in [0.25, 0.3) is 22.8 Å². The van der Waals surface area contributed by atoms with Gasteiger partial charge in [0.25, 0.3) is 11.4 Å². The first-order valence-electron chi connectivity index (χ1n) is 11.1. The second-order valence-corrected chi connectivity index (χ2v) is 7.84. The Kier molecular flexibility index (Phi) is 6.86. The topological polar surface area (TPSA) is 116 Å². The van der Waals surface area contributed by atoms with E-state index in [1.54, 1.807) is 51.1 Å². The summed E-state index contributed by atoms with van der Waals surface area (Å²) in [6.07, 6.45) is 0. The van der Waals surface area contributed by atoms with Gasteiger partial charge in [0, 0.05) is 11.3 Å². The molecule has 9 nitrogen and oxygen atoms in total. The van der Waals surface area contributed by atoms with Gasteiger partial charge in [-0.2, -0.15) is 4.98 Å². The zero-order valence-electron chi connectivity index (χ0n) is 19.6. The molecule has 4 aromatic rings. The Hall–Kier alpha value is -4.53. The molecular weight excluding hydrogens is 448 g/mol. The number of nitrogens with zero attached hydrogens (tertiary/aromatic N) is 3. The van der Waals surface area contributed by atoms with Crippen LogP contribution in [-0.2, 0) is 16.1 Å².